The lowest BCUT2D eigenvalue weighted by molar-refractivity contribution is -0.123. The van der Waals surface area contributed by atoms with Crippen LogP contribution in [0.4, 0.5) is 4.79 Å². The molecule has 0 unspecified atom stereocenters. The molecule has 1 atom stereocenters. The van der Waals surface area contributed by atoms with Crippen molar-refractivity contribution in [1.29, 1.82) is 0 Å². The number of amides is 2. The third-order valence-electron chi connectivity index (χ3n) is 4.03. The van der Waals surface area contributed by atoms with Crippen molar-refractivity contribution in [2.75, 3.05) is 6.54 Å². The monoisotopic (exact) mass is 400 g/mol. The van der Waals surface area contributed by atoms with Gasteiger partial charge >= 0.3 is 6.09 Å². The minimum absolute atomic E-state index is 0.128. The first kappa shape index (κ1) is 22.1. The van der Waals surface area contributed by atoms with Crippen LogP contribution in [0.15, 0.2) is 48.5 Å². The highest BCUT2D eigenvalue weighted by molar-refractivity contribution is 5.86. The molecule has 0 aliphatic rings. The predicted octanol–water partition coefficient (Wildman–Crippen LogP) is 2.89. The molecule has 0 aliphatic carbocycles. The van der Waals surface area contributed by atoms with Crippen molar-refractivity contribution >= 4 is 12.0 Å². The Kier molecular flexibility index (Phi) is 7.47. The average molecular weight is 400 g/mol. The Hall–Kier alpha value is -3.22. The van der Waals surface area contributed by atoms with E-state index in [0.717, 1.165) is 11.1 Å². The van der Waals surface area contributed by atoms with Crippen LogP contribution in [0.1, 0.15) is 31.9 Å². The number of hydrogen-bond acceptors (Lipinski definition) is 5. The van der Waals surface area contributed by atoms with Crippen LogP contribution in [0, 0.1) is 0 Å². The first-order chi connectivity index (χ1) is 13.6. The molecule has 0 saturated carbocycles. The minimum atomic E-state index is -0.825. The largest absolute Gasteiger partial charge is 0.508 e. The van der Waals surface area contributed by atoms with Gasteiger partial charge in [0.25, 0.3) is 0 Å². The van der Waals surface area contributed by atoms with E-state index in [1.807, 2.05) is 0 Å². The van der Waals surface area contributed by atoms with Gasteiger partial charge in [0.2, 0.25) is 5.91 Å². The Morgan fingerprint density at radius 2 is 1.45 bits per heavy atom. The number of benzene rings is 2. The van der Waals surface area contributed by atoms with Gasteiger partial charge in [0.1, 0.15) is 23.1 Å². The maximum atomic E-state index is 12.7. The lowest BCUT2D eigenvalue weighted by Crippen LogP contribution is -2.49. The number of phenolic OH excluding ortho intramolecular Hbond substituents is 2. The van der Waals surface area contributed by atoms with Crippen LogP contribution in [0.25, 0.3) is 0 Å². The van der Waals surface area contributed by atoms with Crippen molar-refractivity contribution in [2.24, 2.45) is 0 Å². The maximum absolute atomic E-state index is 12.7. The highest BCUT2D eigenvalue weighted by atomic mass is 16.6. The summed E-state index contributed by atoms with van der Waals surface area (Å²) in [5, 5.41) is 24.2. The first-order valence-electron chi connectivity index (χ1n) is 9.45. The quantitative estimate of drug-likeness (QED) is 0.572. The van der Waals surface area contributed by atoms with E-state index < -0.39 is 17.7 Å². The van der Waals surface area contributed by atoms with E-state index >= 15 is 0 Å². The SMILES string of the molecule is CC(C)(C)OC(=O)N[C@@H](Cc1ccc(O)cc1)C(=O)NCCc1ccc(O)cc1. The molecular weight excluding hydrogens is 372 g/mol. The molecule has 2 rings (SSSR count). The zero-order chi connectivity index (χ0) is 21.4. The van der Waals surface area contributed by atoms with E-state index in [2.05, 4.69) is 10.6 Å². The van der Waals surface area contributed by atoms with Gasteiger partial charge in [0, 0.05) is 13.0 Å². The fraction of sp³-hybridized carbons (Fsp3) is 0.364. The van der Waals surface area contributed by atoms with Gasteiger partial charge < -0.3 is 25.6 Å². The van der Waals surface area contributed by atoms with Gasteiger partial charge in [-0.25, -0.2) is 4.79 Å². The minimum Gasteiger partial charge on any atom is -0.508 e. The van der Waals surface area contributed by atoms with Crippen LogP contribution < -0.4 is 10.6 Å². The number of aromatic hydroxyl groups is 2. The van der Waals surface area contributed by atoms with Crippen molar-refractivity contribution in [3.8, 4) is 11.5 Å². The molecule has 0 radical (unpaired) electrons. The van der Waals surface area contributed by atoms with Crippen molar-refractivity contribution in [1.82, 2.24) is 10.6 Å². The molecule has 2 aromatic rings. The van der Waals surface area contributed by atoms with Crippen molar-refractivity contribution in [2.45, 2.75) is 45.3 Å². The van der Waals surface area contributed by atoms with Crippen LogP contribution in [0.2, 0.25) is 0 Å². The summed E-state index contributed by atoms with van der Waals surface area (Å²) >= 11 is 0. The molecule has 0 heterocycles. The van der Waals surface area contributed by atoms with E-state index in [1.165, 1.54) is 12.1 Å². The molecule has 29 heavy (non-hydrogen) atoms. The number of alkyl carbamates (subject to hydrolysis) is 1. The Balaban J connectivity index is 1.99. The van der Waals surface area contributed by atoms with Gasteiger partial charge in [0.05, 0.1) is 0 Å². The second-order valence-corrected chi connectivity index (χ2v) is 7.78. The summed E-state index contributed by atoms with van der Waals surface area (Å²) in [5.41, 5.74) is 1.08. The number of rotatable bonds is 7. The van der Waals surface area contributed by atoms with Crippen LogP contribution in [-0.4, -0.2) is 40.4 Å². The van der Waals surface area contributed by atoms with E-state index in [-0.39, 0.29) is 23.8 Å². The molecule has 4 N–H and O–H groups in total. The Bertz CT molecular complexity index is 811. The van der Waals surface area contributed by atoms with Gasteiger partial charge in [-0.2, -0.15) is 0 Å². The number of ether oxygens (including phenoxy) is 1. The Morgan fingerprint density at radius 1 is 0.931 bits per heavy atom. The normalized spacial score (nSPS) is 12.1. The van der Waals surface area contributed by atoms with Gasteiger partial charge in [-0.05, 0) is 62.6 Å². The summed E-state index contributed by atoms with van der Waals surface area (Å²) in [7, 11) is 0. The molecule has 0 spiro atoms. The van der Waals surface area contributed by atoms with E-state index in [1.54, 1.807) is 57.2 Å². The van der Waals surface area contributed by atoms with Crippen LogP contribution in [-0.2, 0) is 22.4 Å². The average Bonchev–Trinajstić information content (AvgIpc) is 2.63. The third kappa shape index (κ3) is 8.13. The number of carbonyl (C=O) groups excluding carboxylic acids is 2. The van der Waals surface area contributed by atoms with Crippen molar-refractivity contribution in [3.63, 3.8) is 0 Å². The number of carbonyl (C=O) groups is 2. The lowest BCUT2D eigenvalue weighted by atomic mass is 10.0. The first-order valence-corrected chi connectivity index (χ1v) is 9.45. The molecule has 0 bridgehead atoms. The van der Waals surface area contributed by atoms with Gasteiger partial charge in [-0.15, -0.1) is 0 Å². The van der Waals surface area contributed by atoms with Crippen molar-refractivity contribution < 1.29 is 24.5 Å². The van der Waals surface area contributed by atoms with Crippen LogP contribution >= 0.6 is 0 Å². The third-order valence-corrected chi connectivity index (χ3v) is 4.03. The second-order valence-electron chi connectivity index (χ2n) is 7.78. The molecule has 2 amide bonds. The molecule has 7 heteroatoms. The summed E-state index contributed by atoms with van der Waals surface area (Å²) in [5.74, 6) is -0.0141. The molecule has 2 aromatic carbocycles. The molecular formula is C22H28N2O5. The molecule has 0 saturated heterocycles. The Morgan fingerprint density at radius 3 is 1.97 bits per heavy atom. The summed E-state index contributed by atoms with van der Waals surface area (Å²) in [4.78, 5) is 24.9. The number of phenols is 2. The lowest BCUT2D eigenvalue weighted by Gasteiger charge is -2.23. The number of hydrogen-bond donors (Lipinski definition) is 4. The van der Waals surface area contributed by atoms with Crippen LogP contribution in [0.3, 0.4) is 0 Å². The van der Waals surface area contributed by atoms with E-state index in [0.29, 0.717) is 13.0 Å². The zero-order valence-corrected chi connectivity index (χ0v) is 16.9. The highest BCUT2D eigenvalue weighted by Gasteiger charge is 2.24. The van der Waals surface area contributed by atoms with E-state index in [9.17, 15) is 19.8 Å². The molecule has 156 valence electrons. The Labute approximate surface area is 170 Å². The molecule has 7 nitrogen and oxygen atoms in total. The molecule has 0 aromatic heterocycles. The summed E-state index contributed by atoms with van der Waals surface area (Å²) in [6.45, 7) is 5.63. The van der Waals surface area contributed by atoms with E-state index in [4.69, 9.17) is 4.74 Å². The van der Waals surface area contributed by atoms with Gasteiger partial charge in [-0.3, -0.25) is 4.79 Å². The fourth-order valence-electron chi connectivity index (χ4n) is 2.64. The zero-order valence-electron chi connectivity index (χ0n) is 16.9. The molecule has 0 aliphatic heterocycles. The predicted molar refractivity (Wildman–Crippen MR) is 110 cm³/mol. The standard InChI is InChI=1S/C22H28N2O5/c1-22(2,3)29-21(28)24-19(14-16-6-10-18(26)11-7-16)20(27)23-13-12-15-4-8-17(25)9-5-15/h4-11,19,25-26H,12-14H2,1-3H3,(H,23,27)(H,24,28)/t19-/m0/s1. The number of nitrogens with one attached hydrogen (secondary N) is 2. The summed E-state index contributed by atoms with van der Waals surface area (Å²) < 4.78 is 5.27. The smallest absolute Gasteiger partial charge is 0.408 e. The molecule has 0 fully saturated rings. The highest BCUT2D eigenvalue weighted by Crippen LogP contribution is 2.13. The van der Waals surface area contributed by atoms with Crippen molar-refractivity contribution in [3.05, 3.63) is 59.7 Å². The maximum Gasteiger partial charge on any atom is 0.408 e. The van der Waals surface area contributed by atoms with Gasteiger partial charge in [0.15, 0.2) is 0 Å². The topological polar surface area (TPSA) is 108 Å². The summed E-state index contributed by atoms with van der Waals surface area (Å²) in [6.07, 6.45) is 0.171. The second kappa shape index (κ2) is 9.82. The van der Waals surface area contributed by atoms with Gasteiger partial charge in [-0.1, -0.05) is 24.3 Å². The summed E-state index contributed by atoms with van der Waals surface area (Å²) in [6, 6.07) is 12.4. The fourth-order valence-corrected chi connectivity index (χ4v) is 2.64. The van der Waals surface area contributed by atoms with Crippen LogP contribution in [0.5, 0.6) is 11.5 Å².